The Morgan fingerprint density at radius 1 is 1.16 bits per heavy atom. The molecule has 2 aliphatic rings. The van der Waals surface area contributed by atoms with Crippen LogP contribution in [0.3, 0.4) is 0 Å². The molecule has 2 fully saturated rings. The number of fused-ring (bicyclic) bond motifs is 1. The first-order chi connectivity index (χ1) is 12.0. The number of nitrogens with zero attached hydrogens (tertiary/aromatic N) is 2. The van der Waals surface area contributed by atoms with Gasteiger partial charge in [-0.2, -0.15) is 0 Å². The molecule has 2 atom stereocenters. The summed E-state index contributed by atoms with van der Waals surface area (Å²) in [6, 6.07) is 7.96. The van der Waals surface area contributed by atoms with Crippen molar-refractivity contribution in [1.82, 2.24) is 9.80 Å². The van der Waals surface area contributed by atoms with Crippen LogP contribution in [0.2, 0.25) is 0 Å². The van der Waals surface area contributed by atoms with Crippen LogP contribution in [0.5, 0.6) is 5.75 Å². The van der Waals surface area contributed by atoms with E-state index in [9.17, 15) is 8.42 Å². The third kappa shape index (κ3) is 4.34. The second-order valence-electron chi connectivity index (χ2n) is 6.90. The molecule has 2 saturated heterocycles. The number of sulfone groups is 1. The van der Waals surface area contributed by atoms with E-state index in [0.29, 0.717) is 6.54 Å². The van der Waals surface area contributed by atoms with Crippen LogP contribution in [0.4, 0.5) is 0 Å². The van der Waals surface area contributed by atoms with Crippen molar-refractivity contribution in [3.63, 3.8) is 0 Å². The van der Waals surface area contributed by atoms with E-state index in [-0.39, 0.29) is 36.8 Å². The number of ether oxygens (including phenoxy) is 1. The first kappa shape index (κ1) is 18.6. The molecule has 2 heterocycles. The average Bonchev–Trinajstić information content (AvgIpc) is 2.92. The van der Waals surface area contributed by atoms with Crippen molar-refractivity contribution in [2.75, 3.05) is 44.4 Å². The van der Waals surface area contributed by atoms with Gasteiger partial charge in [-0.15, -0.1) is 0 Å². The van der Waals surface area contributed by atoms with Gasteiger partial charge in [0.05, 0.1) is 18.1 Å². The summed E-state index contributed by atoms with van der Waals surface area (Å²) in [5.74, 6) is 1.29. The highest BCUT2D eigenvalue weighted by Crippen LogP contribution is 2.30. The lowest BCUT2D eigenvalue weighted by Crippen LogP contribution is -2.58. The number of piperazine rings is 1. The van der Waals surface area contributed by atoms with Crippen molar-refractivity contribution in [3.8, 4) is 5.75 Å². The Morgan fingerprint density at radius 2 is 1.84 bits per heavy atom. The smallest absolute Gasteiger partial charge is 0.153 e. The van der Waals surface area contributed by atoms with E-state index in [1.165, 1.54) is 0 Å². The van der Waals surface area contributed by atoms with E-state index in [2.05, 4.69) is 16.7 Å². The molecule has 140 valence electrons. The zero-order chi connectivity index (χ0) is 17.9. The summed E-state index contributed by atoms with van der Waals surface area (Å²) in [6.45, 7) is 5.79. The molecule has 25 heavy (non-hydrogen) atoms. The number of benzene rings is 1. The fraction of sp³-hybridized carbons (Fsp3) is 0.667. The van der Waals surface area contributed by atoms with Gasteiger partial charge in [-0.3, -0.25) is 9.80 Å². The maximum Gasteiger partial charge on any atom is 0.153 e. The third-order valence-electron chi connectivity index (χ3n) is 5.11. The largest absolute Gasteiger partial charge is 0.491 e. The number of aliphatic hydroxyl groups excluding tert-OH is 1. The van der Waals surface area contributed by atoms with Gasteiger partial charge in [-0.05, 0) is 19.0 Å². The van der Waals surface area contributed by atoms with E-state index in [1.807, 2.05) is 24.3 Å². The van der Waals surface area contributed by atoms with Crippen LogP contribution in [0.15, 0.2) is 24.3 Å². The Labute approximate surface area is 150 Å². The molecule has 1 aromatic rings. The fourth-order valence-electron chi connectivity index (χ4n) is 4.01. The third-order valence-corrected chi connectivity index (χ3v) is 6.81. The van der Waals surface area contributed by atoms with Crippen LogP contribution in [-0.4, -0.2) is 79.8 Å². The number of para-hydroxylation sites is 1. The lowest BCUT2D eigenvalue weighted by Gasteiger charge is -2.44. The number of hydrogen-bond acceptors (Lipinski definition) is 6. The number of hydrogen-bond donors (Lipinski definition) is 1. The second-order valence-corrected chi connectivity index (χ2v) is 9.05. The lowest BCUT2D eigenvalue weighted by atomic mass is 10.0. The highest BCUT2D eigenvalue weighted by atomic mass is 32.2. The minimum Gasteiger partial charge on any atom is -0.491 e. The van der Waals surface area contributed by atoms with E-state index < -0.39 is 9.84 Å². The molecule has 0 amide bonds. The zero-order valence-corrected chi connectivity index (χ0v) is 15.6. The molecular formula is C18H28N2O4S. The van der Waals surface area contributed by atoms with E-state index in [1.54, 1.807) is 0 Å². The minimum atomic E-state index is -2.98. The van der Waals surface area contributed by atoms with Gasteiger partial charge in [-0.25, -0.2) is 8.42 Å². The van der Waals surface area contributed by atoms with Gasteiger partial charge in [0.1, 0.15) is 12.4 Å². The molecule has 7 heteroatoms. The Hall–Kier alpha value is -1.15. The quantitative estimate of drug-likeness (QED) is 0.766. The SMILES string of the molecule is CCCN1CCN(Cc2ccccc2OCCO)[C@H]2CS(=O)(=O)C[C@H]21. The first-order valence-corrected chi connectivity index (χ1v) is 10.9. The van der Waals surface area contributed by atoms with Crippen molar-refractivity contribution >= 4 is 9.84 Å². The highest BCUT2D eigenvalue weighted by Gasteiger charge is 2.46. The maximum atomic E-state index is 12.2. The Kier molecular flexibility index (Phi) is 5.99. The number of rotatable bonds is 7. The highest BCUT2D eigenvalue weighted by molar-refractivity contribution is 7.91. The normalized spacial score (nSPS) is 26.5. The van der Waals surface area contributed by atoms with Gasteiger partial charge in [0.25, 0.3) is 0 Å². The van der Waals surface area contributed by atoms with Gasteiger partial charge in [0.2, 0.25) is 0 Å². The minimum absolute atomic E-state index is 0.0209. The van der Waals surface area contributed by atoms with Gasteiger partial charge in [0.15, 0.2) is 9.84 Å². The van der Waals surface area contributed by atoms with Gasteiger partial charge in [0, 0.05) is 37.3 Å². The summed E-state index contributed by atoms with van der Waals surface area (Å²) in [5.41, 5.74) is 1.04. The molecular weight excluding hydrogens is 340 g/mol. The molecule has 0 bridgehead atoms. The summed E-state index contributed by atoms with van der Waals surface area (Å²) in [7, 11) is -2.98. The summed E-state index contributed by atoms with van der Waals surface area (Å²) in [5, 5.41) is 8.99. The van der Waals surface area contributed by atoms with Crippen LogP contribution in [0, 0.1) is 0 Å². The summed E-state index contributed by atoms with van der Waals surface area (Å²) in [6.07, 6.45) is 1.04. The molecule has 0 aliphatic carbocycles. The number of aliphatic hydroxyl groups is 1. The van der Waals surface area contributed by atoms with Crippen molar-refractivity contribution in [1.29, 1.82) is 0 Å². The average molecular weight is 368 g/mol. The monoisotopic (exact) mass is 368 g/mol. The Morgan fingerprint density at radius 3 is 2.56 bits per heavy atom. The van der Waals surface area contributed by atoms with Crippen LogP contribution >= 0.6 is 0 Å². The van der Waals surface area contributed by atoms with Gasteiger partial charge < -0.3 is 9.84 Å². The van der Waals surface area contributed by atoms with E-state index in [4.69, 9.17) is 9.84 Å². The topological polar surface area (TPSA) is 70.1 Å². The molecule has 6 nitrogen and oxygen atoms in total. The second kappa shape index (κ2) is 8.03. The molecule has 0 radical (unpaired) electrons. The van der Waals surface area contributed by atoms with Crippen LogP contribution in [0.25, 0.3) is 0 Å². The zero-order valence-electron chi connectivity index (χ0n) is 14.8. The maximum absolute atomic E-state index is 12.2. The molecule has 0 saturated carbocycles. The predicted molar refractivity (Wildman–Crippen MR) is 97.5 cm³/mol. The van der Waals surface area contributed by atoms with Crippen LogP contribution < -0.4 is 4.74 Å². The summed E-state index contributed by atoms with van der Waals surface area (Å²) in [4.78, 5) is 4.64. The molecule has 0 unspecified atom stereocenters. The Bertz CT molecular complexity index is 679. The van der Waals surface area contributed by atoms with Gasteiger partial charge >= 0.3 is 0 Å². The first-order valence-electron chi connectivity index (χ1n) is 9.04. The lowest BCUT2D eigenvalue weighted by molar-refractivity contribution is 0.0399. The molecule has 0 aromatic heterocycles. The van der Waals surface area contributed by atoms with Gasteiger partial charge in [-0.1, -0.05) is 25.1 Å². The fourth-order valence-corrected chi connectivity index (χ4v) is 6.05. The summed E-state index contributed by atoms with van der Waals surface area (Å²) >= 11 is 0. The standard InChI is InChI=1S/C18H28N2O4S/c1-2-7-19-8-9-20(17-14-25(22,23)13-16(17)19)12-15-5-3-4-6-18(15)24-11-10-21/h3-6,16-17,21H,2,7-14H2,1H3/t16-,17+/m1/s1. The van der Waals surface area contributed by atoms with Crippen LogP contribution in [0.1, 0.15) is 18.9 Å². The molecule has 2 aliphatic heterocycles. The summed E-state index contributed by atoms with van der Waals surface area (Å²) < 4.78 is 30.1. The van der Waals surface area contributed by atoms with E-state index in [0.717, 1.165) is 37.4 Å². The van der Waals surface area contributed by atoms with Crippen molar-refractivity contribution in [2.24, 2.45) is 0 Å². The Balaban J connectivity index is 1.77. The molecule has 3 rings (SSSR count). The van der Waals surface area contributed by atoms with Crippen molar-refractivity contribution in [3.05, 3.63) is 29.8 Å². The predicted octanol–water partition coefficient (Wildman–Crippen LogP) is 0.751. The van der Waals surface area contributed by atoms with Crippen molar-refractivity contribution < 1.29 is 18.3 Å². The van der Waals surface area contributed by atoms with E-state index >= 15 is 0 Å². The molecule has 0 spiro atoms. The molecule has 1 aromatic carbocycles. The van der Waals surface area contributed by atoms with Crippen molar-refractivity contribution in [2.45, 2.75) is 32.0 Å². The molecule has 1 N–H and O–H groups in total. The van der Waals surface area contributed by atoms with Crippen LogP contribution in [-0.2, 0) is 16.4 Å².